The molecule has 0 atom stereocenters. The van der Waals surface area contributed by atoms with E-state index in [9.17, 15) is 8.42 Å². The molecule has 0 unspecified atom stereocenters. The van der Waals surface area contributed by atoms with E-state index < -0.39 is 10.1 Å². The number of hydrogen-bond donors (Lipinski definition) is 0. The van der Waals surface area contributed by atoms with Crippen LogP contribution in [0.3, 0.4) is 0 Å². The van der Waals surface area contributed by atoms with Crippen molar-refractivity contribution in [3.05, 3.63) is 11.5 Å². The lowest BCUT2D eigenvalue weighted by Crippen LogP contribution is -2.01. The third-order valence-corrected chi connectivity index (χ3v) is 1.97. The van der Waals surface area contributed by atoms with E-state index >= 15 is 0 Å². The van der Waals surface area contributed by atoms with Crippen LogP contribution in [0.25, 0.3) is 0 Å². The first kappa shape index (κ1) is 10.7. The molecule has 0 aliphatic rings. The number of hydrogen-bond acceptors (Lipinski definition) is 3. The smallest absolute Gasteiger partial charge is 0.267 e. The minimum absolute atomic E-state index is 0.185. The summed E-state index contributed by atoms with van der Waals surface area (Å²) in [6, 6.07) is 0. The molecule has 3 nitrogen and oxygen atoms in total. The molecule has 0 saturated heterocycles. The van der Waals surface area contributed by atoms with Gasteiger partial charge in [-0.3, -0.25) is 4.18 Å². The zero-order chi connectivity index (χ0) is 8.91. The van der Waals surface area contributed by atoms with Crippen LogP contribution in [0.15, 0.2) is 11.5 Å². The van der Waals surface area contributed by atoms with Crippen LogP contribution in [0.5, 0.6) is 0 Å². The summed E-state index contributed by atoms with van der Waals surface area (Å²) < 4.78 is 26.1. The molecule has 0 aromatic heterocycles. The normalized spacial score (nSPS) is 13.1. The summed E-state index contributed by atoms with van der Waals surface area (Å²) in [5.74, 6) is 0.227. The monoisotopic (exact) mass is 178 g/mol. The Morgan fingerprint density at radius 1 is 1.45 bits per heavy atom. The van der Waals surface area contributed by atoms with Gasteiger partial charge < -0.3 is 0 Å². The van der Waals surface area contributed by atoms with Crippen molar-refractivity contribution < 1.29 is 12.6 Å². The molecular formula is C7H14O3S. The van der Waals surface area contributed by atoms with Crippen LogP contribution in [0, 0.1) is 5.92 Å². The quantitative estimate of drug-likeness (QED) is 0.613. The van der Waals surface area contributed by atoms with Crippen LogP contribution in [0.1, 0.15) is 20.8 Å². The van der Waals surface area contributed by atoms with Crippen molar-refractivity contribution >= 4 is 10.1 Å². The van der Waals surface area contributed by atoms with Crippen LogP contribution >= 0.6 is 0 Å². The second kappa shape index (κ2) is 4.51. The van der Waals surface area contributed by atoms with Crippen molar-refractivity contribution in [3.63, 3.8) is 0 Å². The van der Waals surface area contributed by atoms with E-state index in [1.807, 2.05) is 13.8 Å². The molecule has 0 heterocycles. The van der Waals surface area contributed by atoms with Crippen molar-refractivity contribution in [2.24, 2.45) is 5.92 Å². The topological polar surface area (TPSA) is 43.4 Å². The van der Waals surface area contributed by atoms with E-state index in [1.54, 1.807) is 13.0 Å². The van der Waals surface area contributed by atoms with Crippen LogP contribution in [0.4, 0.5) is 0 Å². The first-order valence-electron chi connectivity index (χ1n) is 3.55. The van der Waals surface area contributed by atoms with Gasteiger partial charge >= 0.3 is 0 Å². The predicted octanol–water partition coefficient (Wildman–Crippen LogP) is 1.52. The highest BCUT2D eigenvalue weighted by atomic mass is 32.2. The summed E-state index contributed by atoms with van der Waals surface area (Å²) >= 11 is 0. The zero-order valence-electron chi connectivity index (χ0n) is 7.07. The van der Waals surface area contributed by atoms with E-state index in [4.69, 9.17) is 0 Å². The predicted molar refractivity (Wildman–Crippen MR) is 44.5 cm³/mol. The maximum Gasteiger partial charge on any atom is 0.289 e. The van der Waals surface area contributed by atoms with Crippen molar-refractivity contribution in [1.82, 2.24) is 0 Å². The maximum atomic E-state index is 10.8. The average Bonchev–Trinajstić information content (AvgIpc) is 1.84. The molecule has 0 N–H and O–H groups in total. The van der Waals surface area contributed by atoms with Gasteiger partial charge in [-0.1, -0.05) is 19.9 Å². The first-order chi connectivity index (χ1) is 4.98. The molecule has 0 spiro atoms. The van der Waals surface area contributed by atoms with Gasteiger partial charge in [0.2, 0.25) is 0 Å². The molecule has 11 heavy (non-hydrogen) atoms. The summed E-state index contributed by atoms with van der Waals surface area (Å²) in [4.78, 5) is 0. The lowest BCUT2D eigenvalue weighted by Gasteiger charge is -1.97. The van der Waals surface area contributed by atoms with Crippen molar-refractivity contribution in [2.75, 3.05) is 6.61 Å². The Morgan fingerprint density at radius 2 is 2.00 bits per heavy atom. The Labute approximate surface area is 68.2 Å². The van der Waals surface area contributed by atoms with Crippen LogP contribution < -0.4 is 0 Å². The van der Waals surface area contributed by atoms with E-state index in [0.717, 1.165) is 5.41 Å². The molecule has 66 valence electrons. The molecule has 0 aliphatic heterocycles. The third-order valence-electron chi connectivity index (χ3n) is 0.912. The molecule has 0 bridgehead atoms. The molecule has 0 aromatic rings. The number of rotatable bonds is 4. The SMILES string of the molecule is CCOS(=O)(=O)/C=C\C(C)C. The van der Waals surface area contributed by atoms with Crippen LogP contribution in [-0.2, 0) is 14.3 Å². The highest BCUT2D eigenvalue weighted by Gasteiger charge is 2.02. The van der Waals surface area contributed by atoms with Gasteiger partial charge in [-0.05, 0) is 12.8 Å². The molecule has 0 radical (unpaired) electrons. The Bertz CT molecular complexity index is 214. The van der Waals surface area contributed by atoms with Crippen LogP contribution in [-0.4, -0.2) is 15.0 Å². The van der Waals surface area contributed by atoms with Gasteiger partial charge in [0.05, 0.1) is 12.0 Å². The largest absolute Gasteiger partial charge is 0.289 e. The second-order valence-corrected chi connectivity index (χ2v) is 3.97. The summed E-state index contributed by atoms with van der Waals surface area (Å²) in [7, 11) is -3.41. The zero-order valence-corrected chi connectivity index (χ0v) is 7.89. The Kier molecular flexibility index (Phi) is 4.37. The molecule has 0 fully saturated rings. The van der Waals surface area contributed by atoms with Gasteiger partial charge in [-0.25, -0.2) is 0 Å². The fourth-order valence-corrected chi connectivity index (χ4v) is 1.37. The fourth-order valence-electron chi connectivity index (χ4n) is 0.457. The Balaban J connectivity index is 4.13. The summed E-state index contributed by atoms with van der Waals surface area (Å²) in [6.07, 6.45) is 1.59. The van der Waals surface area contributed by atoms with Gasteiger partial charge in [-0.2, -0.15) is 8.42 Å². The molecular weight excluding hydrogens is 164 g/mol. The molecule has 0 amide bonds. The second-order valence-electron chi connectivity index (χ2n) is 2.47. The first-order valence-corrected chi connectivity index (χ1v) is 5.02. The summed E-state index contributed by atoms with van der Waals surface area (Å²) in [5.41, 5.74) is 0. The van der Waals surface area contributed by atoms with E-state index in [-0.39, 0.29) is 12.5 Å². The highest BCUT2D eigenvalue weighted by molar-refractivity contribution is 7.89. The van der Waals surface area contributed by atoms with Gasteiger partial charge in [0, 0.05) is 0 Å². The Morgan fingerprint density at radius 3 is 2.36 bits per heavy atom. The van der Waals surface area contributed by atoms with E-state index in [2.05, 4.69) is 4.18 Å². The fraction of sp³-hybridized carbons (Fsp3) is 0.714. The van der Waals surface area contributed by atoms with Crippen LogP contribution in [0.2, 0.25) is 0 Å². The third kappa shape index (κ3) is 6.06. The average molecular weight is 178 g/mol. The highest BCUT2D eigenvalue weighted by Crippen LogP contribution is 1.99. The lowest BCUT2D eigenvalue weighted by atomic mass is 10.2. The number of allylic oxidation sites excluding steroid dienone is 1. The summed E-state index contributed by atoms with van der Waals surface area (Å²) in [5, 5.41) is 1.10. The minimum Gasteiger partial charge on any atom is -0.267 e. The standard InChI is InChI=1S/C7H14O3S/c1-4-10-11(8,9)6-5-7(2)3/h5-7H,4H2,1-3H3/b6-5-. The lowest BCUT2D eigenvalue weighted by molar-refractivity contribution is 0.344. The van der Waals surface area contributed by atoms with Gasteiger partial charge in [0.25, 0.3) is 10.1 Å². The molecule has 0 aromatic carbocycles. The van der Waals surface area contributed by atoms with Gasteiger partial charge in [0.15, 0.2) is 0 Å². The molecule has 4 heteroatoms. The molecule has 0 aliphatic carbocycles. The van der Waals surface area contributed by atoms with Gasteiger partial charge in [-0.15, -0.1) is 0 Å². The van der Waals surface area contributed by atoms with Crippen molar-refractivity contribution in [3.8, 4) is 0 Å². The molecule has 0 rings (SSSR count). The molecule has 0 saturated carbocycles. The Hall–Kier alpha value is -0.350. The van der Waals surface area contributed by atoms with Gasteiger partial charge in [0.1, 0.15) is 0 Å². The van der Waals surface area contributed by atoms with Crippen molar-refractivity contribution in [1.29, 1.82) is 0 Å². The minimum atomic E-state index is -3.41. The van der Waals surface area contributed by atoms with E-state index in [1.165, 1.54) is 0 Å². The summed E-state index contributed by atoms with van der Waals surface area (Å²) in [6.45, 7) is 5.63. The van der Waals surface area contributed by atoms with E-state index in [0.29, 0.717) is 0 Å². The van der Waals surface area contributed by atoms with Crippen molar-refractivity contribution in [2.45, 2.75) is 20.8 Å². The maximum absolute atomic E-state index is 10.8.